The minimum absolute atomic E-state index is 0.0150. The summed E-state index contributed by atoms with van der Waals surface area (Å²) in [5, 5.41) is 21.4. The number of methoxy groups -OCH3 is 1. The summed E-state index contributed by atoms with van der Waals surface area (Å²) in [4.78, 5) is 23.8. The summed E-state index contributed by atoms with van der Waals surface area (Å²) in [7, 11) is 0.903. The van der Waals surface area contributed by atoms with Crippen LogP contribution in [0.5, 0.6) is 0 Å². The fraction of sp³-hybridized carbons (Fsp3) is 0.682. The molecule has 3 unspecified atom stereocenters. The molecular weight excluding hydrogens is 539 g/mol. The van der Waals surface area contributed by atoms with Crippen molar-refractivity contribution >= 4 is 31.3 Å². The Morgan fingerprint density at radius 3 is 2.74 bits per heavy atom. The van der Waals surface area contributed by atoms with Gasteiger partial charge in [-0.05, 0) is 49.4 Å². The molecule has 1 aliphatic heterocycles. The molecule has 0 aromatic carbocycles. The number of ether oxygens (including phenoxy) is 4. The highest BCUT2D eigenvalue weighted by Crippen LogP contribution is 2.37. The first kappa shape index (κ1) is 29.0. The van der Waals surface area contributed by atoms with Crippen molar-refractivity contribution in [2.24, 2.45) is 0 Å². The van der Waals surface area contributed by atoms with Gasteiger partial charge in [0.15, 0.2) is 20.0 Å². The van der Waals surface area contributed by atoms with E-state index in [0.717, 1.165) is 42.7 Å². The van der Waals surface area contributed by atoms with Crippen LogP contribution in [0.3, 0.4) is 0 Å². The van der Waals surface area contributed by atoms with Gasteiger partial charge in [0.05, 0.1) is 25.0 Å². The summed E-state index contributed by atoms with van der Waals surface area (Å²) in [6.07, 6.45) is 5.84. The van der Waals surface area contributed by atoms with Crippen molar-refractivity contribution in [1.82, 2.24) is 35.2 Å². The molecule has 14 nitrogen and oxygen atoms in total. The lowest BCUT2D eigenvalue weighted by atomic mass is 10.1. The van der Waals surface area contributed by atoms with Crippen LogP contribution in [-0.4, -0.2) is 90.4 Å². The van der Waals surface area contributed by atoms with Crippen molar-refractivity contribution in [2.45, 2.75) is 69.2 Å². The van der Waals surface area contributed by atoms with Crippen LogP contribution in [0, 0.1) is 0 Å². The second-order valence-electron chi connectivity index (χ2n) is 9.09. The number of nitrogens with one attached hydrogen (secondary N) is 2. The minimum atomic E-state index is -2.35. The van der Waals surface area contributed by atoms with E-state index in [4.69, 9.17) is 25.8 Å². The lowest BCUT2D eigenvalue weighted by Crippen LogP contribution is -2.24. The van der Waals surface area contributed by atoms with Crippen molar-refractivity contribution in [3.05, 3.63) is 28.9 Å². The number of hydrogen-bond acceptors (Lipinski definition) is 12. The van der Waals surface area contributed by atoms with Crippen molar-refractivity contribution in [2.75, 3.05) is 32.8 Å². The summed E-state index contributed by atoms with van der Waals surface area (Å²) in [6, 6.07) is 4.38. The molecule has 210 valence electrons. The van der Waals surface area contributed by atoms with Gasteiger partial charge in [0.25, 0.3) is 0 Å². The third-order valence-electron chi connectivity index (χ3n) is 6.26. The van der Waals surface area contributed by atoms with Gasteiger partial charge in [-0.15, -0.1) is 15.3 Å². The number of tetrazole rings is 1. The molecule has 0 spiro atoms. The molecule has 38 heavy (non-hydrogen) atoms. The topological polar surface area (TPSA) is 174 Å². The molecule has 1 aliphatic carbocycles. The highest BCUT2D eigenvalue weighted by molar-refractivity contribution is 7.45. The summed E-state index contributed by atoms with van der Waals surface area (Å²) in [5.41, 5.74) is 1.76. The number of rotatable bonds is 11. The van der Waals surface area contributed by atoms with E-state index in [1.807, 2.05) is 12.1 Å². The van der Waals surface area contributed by atoms with Gasteiger partial charge in [0, 0.05) is 20.3 Å². The number of hydrogen-bond donors (Lipinski definition) is 4. The molecule has 1 saturated carbocycles. The SMILES string of the molecule is COC.OP(O)C(COCc1nn[nH]n1)OCC1CCC(c2ccc3c(NC4CCCC4)nc(Cl)nn23)O1. The van der Waals surface area contributed by atoms with E-state index in [1.165, 1.54) is 12.8 Å². The molecule has 2 fully saturated rings. The zero-order chi connectivity index (χ0) is 26.9. The molecule has 0 radical (unpaired) electrons. The average Bonchev–Trinajstić information content (AvgIpc) is 3.69. The van der Waals surface area contributed by atoms with Crippen LogP contribution in [0.1, 0.15) is 56.1 Å². The predicted molar refractivity (Wildman–Crippen MR) is 139 cm³/mol. The van der Waals surface area contributed by atoms with Crippen LogP contribution in [-0.2, 0) is 25.6 Å². The van der Waals surface area contributed by atoms with Crippen molar-refractivity contribution in [3.8, 4) is 0 Å². The van der Waals surface area contributed by atoms with E-state index in [9.17, 15) is 9.79 Å². The maximum atomic E-state index is 9.71. The number of anilines is 1. The fourth-order valence-electron chi connectivity index (χ4n) is 4.54. The lowest BCUT2D eigenvalue weighted by molar-refractivity contribution is -0.0484. The quantitative estimate of drug-likeness (QED) is 0.248. The Kier molecular flexibility index (Phi) is 11.0. The molecule has 0 amide bonds. The van der Waals surface area contributed by atoms with Crippen LogP contribution >= 0.6 is 20.0 Å². The molecule has 3 aromatic heterocycles. The predicted octanol–water partition coefficient (Wildman–Crippen LogP) is 2.59. The second-order valence-corrected chi connectivity index (χ2v) is 10.6. The summed E-state index contributed by atoms with van der Waals surface area (Å²) in [6.45, 7) is 0.282. The molecule has 16 heteroatoms. The number of H-pyrrole nitrogens is 1. The molecule has 2 aliphatic rings. The summed E-state index contributed by atoms with van der Waals surface area (Å²) in [5.74, 6) is 0.240. The number of nitrogens with zero attached hydrogens (tertiary/aromatic N) is 6. The minimum Gasteiger partial charge on any atom is -0.388 e. The molecule has 4 N–H and O–H groups in total. The normalized spacial score (nSPS) is 20.7. The zero-order valence-corrected chi connectivity index (χ0v) is 23.0. The van der Waals surface area contributed by atoms with Crippen LogP contribution in [0.4, 0.5) is 5.82 Å². The molecule has 3 aromatic rings. The summed E-state index contributed by atoms with van der Waals surface area (Å²) < 4.78 is 23.4. The van der Waals surface area contributed by atoms with Gasteiger partial charge in [0.2, 0.25) is 5.28 Å². The number of fused-ring (bicyclic) bond motifs is 1. The van der Waals surface area contributed by atoms with Crippen LogP contribution in [0.25, 0.3) is 5.52 Å². The van der Waals surface area contributed by atoms with Gasteiger partial charge in [-0.1, -0.05) is 18.1 Å². The fourth-order valence-corrected chi connectivity index (χ4v) is 5.16. The van der Waals surface area contributed by atoms with Crippen molar-refractivity contribution in [1.29, 1.82) is 0 Å². The maximum absolute atomic E-state index is 9.71. The van der Waals surface area contributed by atoms with Gasteiger partial charge in [-0.25, -0.2) is 4.52 Å². The van der Waals surface area contributed by atoms with Crippen molar-refractivity contribution in [3.63, 3.8) is 0 Å². The van der Waals surface area contributed by atoms with E-state index in [0.29, 0.717) is 11.9 Å². The first-order chi connectivity index (χ1) is 18.5. The van der Waals surface area contributed by atoms with Crippen molar-refractivity contribution < 1.29 is 28.7 Å². The maximum Gasteiger partial charge on any atom is 0.243 e. The van der Waals surface area contributed by atoms with E-state index in [-0.39, 0.29) is 37.3 Å². The Morgan fingerprint density at radius 2 is 2.03 bits per heavy atom. The van der Waals surface area contributed by atoms with Crippen LogP contribution in [0.15, 0.2) is 12.1 Å². The standard InChI is InChI=1S/C20H28ClN8O5P.C2H6O/c21-20-23-19(22-12-3-1-2-4-12)15-7-6-14(29(15)26-20)16-8-5-13(34-16)9-33-18(35(30)31)11-32-10-17-24-27-28-25-17;1-3-2/h6-7,12-13,16,18,30-31H,1-5,8-11H2,(H,22,23,26)(H,24,25,27,28);1-2H3. The smallest absolute Gasteiger partial charge is 0.243 e. The van der Waals surface area contributed by atoms with Gasteiger partial charge >= 0.3 is 0 Å². The molecule has 0 bridgehead atoms. The molecule has 5 rings (SSSR count). The summed E-state index contributed by atoms with van der Waals surface area (Å²) >= 11 is 6.25. The molecule has 3 atom stereocenters. The van der Waals surface area contributed by atoms with E-state index < -0.39 is 14.2 Å². The third-order valence-corrected chi connectivity index (χ3v) is 7.23. The Hall–Kier alpha value is -2.03. The Balaban J connectivity index is 0.00000107. The first-order valence-electron chi connectivity index (χ1n) is 12.4. The van der Waals surface area contributed by atoms with E-state index >= 15 is 0 Å². The second kappa shape index (κ2) is 14.4. The average molecular weight is 573 g/mol. The largest absolute Gasteiger partial charge is 0.388 e. The van der Waals surface area contributed by atoms with Crippen LogP contribution in [0.2, 0.25) is 5.28 Å². The lowest BCUT2D eigenvalue weighted by Gasteiger charge is -2.21. The monoisotopic (exact) mass is 572 g/mol. The highest BCUT2D eigenvalue weighted by Gasteiger charge is 2.31. The first-order valence-corrected chi connectivity index (χ1v) is 14.1. The van der Waals surface area contributed by atoms with Gasteiger partial charge in [-0.2, -0.15) is 10.2 Å². The van der Waals surface area contributed by atoms with Crippen LogP contribution < -0.4 is 5.32 Å². The van der Waals surface area contributed by atoms with E-state index in [1.54, 1.807) is 18.7 Å². The molecular formula is C22H34ClN8O6P. The highest BCUT2D eigenvalue weighted by atomic mass is 35.5. The van der Waals surface area contributed by atoms with Gasteiger partial charge in [0.1, 0.15) is 24.1 Å². The Labute approximate surface area is 226 Å². The molecule has 4 heterocycles. The number of aromatic amines is 1. The number of aromatic nitrogens is 7. The zero-order valence-electron chi connectivity index (χ0n) is 21.4. The molecule has 1 saturated heterocycles. The van der Waals surface area contributed by atoms with Gasteiger partial charge in [-0.3, -0.25) is 0 Å². The van der Waals surface area contributed by atoms with E-state index in [2.05, 4.69) is 40.8 Å². The Bertz CT molecular complexity index is 1120. The number of halogens is 1. The third kappa shape index (κ3) is 7.76. The Morgan fingerprint density at radius 1 is 1.24 bits per heavy atom. The van der Waals surface area contributed by atoms with Gasteiger partial charge < -0.3 is 34.1 Å².